The van der Waals surface area contributed by atoms with Crippen molar-refractivity contribution in [2.75, 3.05) is 18.5 Å². The fraction of sp³-hybridized carbons (Fsp3) is 0.892. The highest BCUT2D eigenvalue weighted by molar-refractivity contribution is 14.1. The number of hydrogen-bond acceptors (Lipinski definition) is 4. The fourth-order valence-electron chi connectivity index (χ4n) is 12.1. The molecule has 0 aromatic carbocycles. The minimum atomic E-state index is -0.291. The number of aliphatic hydroxyl groups is 1. The molecule has 42 heavy (non-hydrogen) atoms. The molecule has 4 nitrogen and oxygen atoms in total. The van der Waals surface area contributed by atoms with Gasteiger partial charge in [-0.1, -0.05) is 76.6 Å². The molecule has 1 saturated heterocycles. The van der Waals surface area contributed by atoms with Gasteiger partial charge in [-0.25, -0.2) is 0 Å². The van der Waals surface area contributed by atoms with E-state index in [4.69, 9.17) is 0 Å². The predicted octanol–water partition coefficient (Wildman–Crippen LogP) is 8.43. The Kier molecular flexibility index (Phi) is 8.61. The zero-order valence-electron chi connectivity index (χ0n) is 28.2. The van der Waals surface area contributed by atoms with Gasteiger partial charge in [0.25, 0.3) is 0 Å². The summed E-state index contributed by atoms with van der Waals surface area (Å²) in [5, 5.41) is 11.0. The Hall–Kier alpha value is -0.270. The number of alkyl halides is 1. The number of halogens is 1. The van der Waals surface area contributed by atoms with Gasteiger partial charge in [-0.05, 0) is 134 Å². The molecule has 0 amide bonds. The average Bonchev–Trinajstić information content (AvgIpc) is 3.33. The summed E-state index contributed by atoms with van der Waals surface area (Å²) < 4.78 is 0. The Bertz CT molecular complexity index is 1130. The Morgan fingerprint density at radius 3 is 2.26 bits per heavy atom. The van der Waals surface area contributed by atoms with E-state index < -0.39 is 0 Å². The van der Waals surface area contributed by atoms with Gasteiger partial charge in [-0.2, -0.15) is 0 Å². The quantitative estimate of drug-likeness (QED) is 0.238. The van der Waals surface area contributed by atoms with Gasteiger partial charge in [-0.3, -0.25) is 9.59 Å². The molecular weight excluding hydrogens is 633 g/mol. The Balaban J connectivity index is 0.00000173. The molecule has 0 aromatic rings. The summed E-state index contributed by atoms with van der Waals surface area (Å²) in [7, 11) is 2.18. The standard InChI is InChI=1S/C36H57NO3.CH3I/c1-31(2)27-11-14-36(7)30(34(27,5)13-12-28(31)39)26(38)21-24-25-22-33(4,29(40)20-23-10-9-19-37(23)8)16-15-32(25,3)17-18-35(24,36)6;1-2/h21,23,25,27-28,30,39H,9-20,22H2,1-8H3;1H3/t23?,25-,27?,28+,30?,32-,33+,34+,35-,36-;/m1./s1. The Labute approximate surface area is 270 Å². The molecule has 1 heterocycles. The third kappa shape index (κ3) is 4.61. The van der Waals surface area contributed by atoms with Crippen molar-refractivity contribution in [1.29, 1.82) is 0 Å². The first-order chi connectivity index (χ1) is 19.5. The van der Waals surface area contributed by atoms with Gasteiger partial charge >= 0.3 is 0 Å². The van der Waals surface area contributed by atoms with Crippen molar-refractivity contribution >= 4 is 34.2 Å². The van der Waals surface area contributed by atoms with Gasteiger partial charge in [-0.15, -0.1) is 0 Å². The van der Waals surface area contributed by atoms with Crippen molar-refractivity contribution in [1.82, 2.24) is 4.90 Å². The van der Waals surface area contributed by atoms with E-state index in [2.05, 4.69) is 89.1 Å². The van der Waals surface area contributed by atoms with Crippen LogP contribution < -0.4 is 0 Å². The second kappa shape index (κ2) is 10.9. The Morgan fingerprint density at radius 1 is 0.952 bits per heavy atom. The van der Waals surface area contributed by atoms with Crippen molar-refractivity contribution in [3.63, 3.8) is 0 Å². The van der Waals surface area contributed by atoms with E-state index in [9.17, 15) is 14.7 Å². The summed E-state index contributed by atoms with van der Waals surface area (Å²) in [6, 6.07) is 0.401. The van der Waals surface area contributed by atoms with Crippen LogP contribution in [0.1, 0.15) is 126 Å². The van der Waals surface area contributed by atoms with E-state index in [1.165, 1.54) is 18.4 Å². The molecule has 4 saturated carbocycles. The minimum absolute atomic E-state index is 0.0122. The van der Waals surface area contributed by atoms with Crippen molar-refractivity contribution in [2.45, 2.75) is 138 Å². The molecule has 0 bridgehead atoms. The third-order valence-corrected chi connectivity index (χ3v) is 15.3. The first-order valence-electron chi connectivity index (χ1n) is 17.1. The first kappa shape index (κ1) is 33.1. The lowest BCUT2D eigenvalue weighted by Crippen LogP contribution is -2.66. The summed E-state index contributed by atoms with van der Waals surface area (Å²) in [5.74, 6) is 1.50. The second-order valence-corrected chi connectivity index (χ2v) is 17.5. The minimum Gasteiger partial charge on any atom is -0.393 e. The fourth-order valence-corrected chi connectivity index (χ4v) is 12.1. The number of nitrogens with zero attached hydrogens (tertiary/aromatic N) is 1. The molecule has 1 N–H and O–H groups in total. The molecule has 5 aliphatic carbocycles. The molecule has 3 unspecified atom stereocenters. The van der Waals surface area contributed by atoms with E-state index in [1.807, 2.05) is 4.93 Å². The Morgan fingerprint density at radius 2 is 1.62 bits per heavy atom. The zero-order valence-corrected chi connectivity index (χ0v) is 30.4. The normalized spacial score (nSPS) is 49.8. The van der Waals surface area contributed by atoms with Crippen LogP contribution in [0.4, 0.5) is 0 Å². The number of fused-ring (bicyclic) bond motifs is 7. The maximum Gasteiger partial charge on any atom is 0.159 e. The van der Waals surface area contributed by atoms with Crippen LogP contribution in [-0.4, -0.2) is 52.2 Å². The summed E-state index contributed by atoms with van der Waals surface area (Å²) in [6.45, 7) is 17.7. The summed E-state index contributed by atoms with van der Waals surface area (Å²) in [5.41, 5.74) is 0.948. The smallest absolute Gasteiger partial charge is 0.159 e. The number of carbonyl (C=O) groups excluding carboxylic acids is 2. The molecular formula is C37H60INO3. The van der Waals surface area contributed by atoms with Crippen LogP contribution >= 0.6 is 22.6 Å². The van der Waals surface area contributed by atoms with Gasteiger partial charge in [0, 0.05) is 23.8 Å². The number of allylic oxidation sites excluding steroid dienone is 2. The molecule has 10 atom stereocenters. The largest absolute Gasteiger partial charge is 0.393 e. The van der Waals surface area contributed by atoms with Crippen LogP contribution in [-0.2, 0) is 9.59 Å². The zero-order chi connectivity index (χ0) is 31.1. The highest BCUT2D eigenvalue weighted by Gasteiger charge is 2.70. The van der Waals surface area contributed by atoms with Crippen molar-refractivity contribution in [3.8, 4) is 0 Å². The summed E-state index contributed by atoms with van der Waals surface area (Å²) >= 11 is 2.15. The summed E-state index contributed by atoms with van der Waals surface area (Å²) in [4.78, 5) is 32.8. The van der Waals surface area contributed by atoms with Crippen molar-refractivity contribution < 1.29 is 14.7 Å². The van der Waals surface area contributed by atoms with Gasteiger partial charge in [0.1, 0.15) is 5.78 Å². The highest BCUT2D eigenvalue weighted by atomic mass is 127. The van der Waals surface area contributed by atoms with Crippen LogP contribution in [0, 0.1) is 50.2 Å². The lowest BCUT2D eigenvalue weighted by Gasteiger charge is -2.70. The molecule has 1 aliphatic heterocycles. The second-order valence-electron chi connectivity index (χ2n) is 17.5. The molecule has 0 spiro atoms. The number of hydrogen-bond donors (Lipinski definition) is 1. The molecule has 6 rings (SSSR count). The lowest BCUT2D eigenvalue weighted by molar-refractivity contribution is -0.202. The molecule has 5 fully saturated rings. The van der Waals surface area contributed by atoms with Gasteiger partial charge < -0.3 is 10.0 Å². The number of rotatable bonds is 3. The monoisotopic (exact) mass is 693 g/mol. The highest BCUT2D eigenvalue weighted by Crippen LogP contribution is 2.75. The van der Waals surface area contributed by atoms with Gasteiger partial charge in [0.15, 0.2) is 5.78 Å². The number of ketones is 2. The van der Waals surface area contributed by atoms with Crippen LogP contribution in [0.2, 0.25) is 0 Å². The number of likely N-dealkylation sites (tertiary alicyclic amines) is 1. The van der Waals surface area contributed by atoms with Crippen LogP contribution in [0.3, 0.4) is 0 Å². The third-order valence-electron chi connectivity index (χ3n) is 15.3. The van der Waals surface area contributed by atoms with Crippen LogP contribution in [0.5, 0.6) is 0 Å². The molecule has 238 valence electrons. The predicted molar refractivity (Wildman–Crippen MR) is 181 cm³/mol. The van der Waals surface area contributed by atoms with Crippen molar-refractivity contribution in [3.05, 3.63) is 11.6 Å². The van der Waals surface area contributed by atoms with Gasteiger partial charge in [0.2, 0.25) is 0 Å². The van der Waals surface area contributed by atoms with E-state index in [-0.39, 0.29) is 44.5 Å². The van der Waals surface area contributed by atoms with Crippen LogP contribution in [0.25, 0.3) is 0 Å². The SMILES string of the molecule is CI.CN1CCCC1CC(=O)[C@@]1(C)CC[C@]2(C)CC[C@]3(C)C(=CC(=O)C4[C@@]5(C)CC[C@H](O)C(C)(C)C5CC[C@]43C)[C@H]2C1. The number of carbonyl (C=O) groups is 2. The van der Waals surface area contributed by atoms with E-state index in [0.717, 1.165) is 64.3 Å². The van der Waals surface area contributed by atoms with E-state index >= 15 is 0 Å². The van der Waals surface area contributed by atoms with Crippen molar-refractivity contribution in [2.24, 2.45) is 50.2 Å². The number of Topliss-reactive ketones (excluding diaryl/α,β-unsaturated/α-hetero) is 1. The molecule has 0 radical (unpaired) electrons. The first-order valence-corrected chi connectivity index (χ1v) is 19.2. The lowest BCUT2D eigenvalue weighted by atomic mass is 9.33. The average molecular weight is 694 g/mol. The number of aliphatic hydroxyl groups excluding tert-OH is 1. The summed E-state index contributed by atoms with van der Waals surface area (Å²) in [6.07, 6.45) is 14.1. The van der Waals surface area contributed by atoms with E-state index in [1.54, 1.807) is 0 Å². The maximum absolute atomic E-state index is 14.5. The van der Waals surface area contributed by atoms with E-state index in [0.29, 0.717) is 35.9 Å². The molecule has 0 aromatic heterocycles. The van der Waals surface area contributed by atoms with Crippen LogP contribution in [0.15, 0.2) is 11.6 Å². The van der Waals surface area contributed by atoms with Gasteiger partial charge in [0.05, 0.1) is 6.10 Å². The molecule has 6 aliphatic rings. The molecule has 5 heteroatoms. The maximum atomic E-state index is 14.5. The topological polar surface area (TPSA) is 57.6 Å².